The Labute approximate surface area is 137 Å². The molecule has 2 aromatic heterocycles. The number of nitrogens with zero attached hydrogens (tertiary/aromatic N) is 2. The molecule has 0 amide bonds. The lowest BCUT2D eigenvalue weighted by Crippen LogP contribution is -2.13. The molecule has 6 heteroatoms. The summed E-state index contributed by atoms with van der Waals surface area (Å²) in [6, 6.07) is 11.3. The summed E-state index contributed by atoms with van der Waals surface area (Å²) in [6.45, 7) is 0. The smallest absolute Gasteiger partial charge is 0.137 e. The summed E-state index contributed by atoms with van der Waals surface area (Å²) in [5, 5.41) is 1.01. The fraction of sp³-hybridized carbons (Fsp3) is 0.0667. The number of benzene rings is 1. The van der Waals surface area contributed by atoms with Crippen molar-refractivity contribution in [2.45, 2.75) is 6.42 Å². The Morgan fingerprint density at radius 2 is 2.00 bits per heavy atom. The highest BCUT2D eigenvalue weighted by Crippen LogP contribution is 2.30. The molecule has 3 aromatic rings. The molecule has 0 bridgehead atoms. The van der Waals surface area contributed by atoms with Gasteiger partial charge in [0, 0.05) is 18.2 Å². The van der Waals surface area contributed by atoms with Gasteiger partial charge in [0.1, 0.15) is 5.65 Å². The molecule has 0 radical (unpaired) electrons. The van der Waals surface area contributed by atoms with Crippen LogP contribution in [-0.4, -0.2) is 14.4 Å². The molecule has 2 N–H and O–H groups in total. The van der Waals surface area contributed by atoms with Gasteiger partial charge in [0.2, 0.25) is 0 Å². The van der Waals surface area contributed by atoms with E-state index in [1.54, 1.807) is 12.1 Å². The van der Waals surface area contributed by atoms with Crippen LogP contribution >= 0.6 is 35.4 Å². The predicted octanol–water partition coefficient (Wildman–Crippen LogP) is 4.14. The zero-order chi connectivity index (χ0) is 15.0. The maximum absolute atomic E-state index is 6.10. The van der Waals surface area contributed by atoms with Crippen molar-refractivity contribution in [2.75, 3.05) is 0 Å². The number of nitrogens with two attached hydrogens (primary N) is 1. The average Bonchev–Trinajstić information content (AvgIpc) is 2.80. The van der Waals surface area contributed by atoms with Gasteiger partial charge in [0.25, 0.3) is 0 Å². The molecule has 106 valence electrons. The van der Waals surface area contributed by atoms with Gasteiger partial charge in [0.15, 0.2) is 0 Å². The number of hydrogen-bond donors (Lipinski definition) is 1. The fourth-order valence-electron chi connectivity index (χ4n) is 2.26. The van der Waals surface area contributed by atoms with Crippen LogP contribution in [0.3, 0.4) is 0 Å². The second kappa shape index (κ2) is 5.64. The molecule has 0 fully saturated rings. The van der Waals surface area contributed by atoms with Gasteiger partial charge in [-0.15, -0.1) is 0 Å². The van der Waals surface area contributed by atoms with Gasteiger partial charge in [-0.25, -0.2) is 4.98 Å². The Bertz CT molecular complexity index is 842. The monoisotopic (exact) mass is 335 g/mol. The second-order valence-electron chi connectivity index (χ2n) is 4.61. The standard InChI is InChI=1S/C15H11Cl2N3S/c16-10-5-4-9(7-11(10)17)15-12(8-13(18)21)20-6-2-1-3-14(20)19-15/h1-7H,8H2,(H2,18,21). The molecule has 0 aliphatic heterocycles. The van der Waals surface area contributed by atoms with Crippen LogP contribution in [-0.2, 0) is 6.42 Å². The van der Waals surface area contributed by atoms with Crippen LogP contribution in [0, 0.1) is 0 Å². The largest absolute Gasteiger partial charge is 0.393 e. The van der Waals surface area contributed by atoms with Gasteiger partial charge in [0.05, 0.1) is 26.4 Å². The number of rotatable bonds is 3. The molecule has 0 spiro atoms. The van der Waals surface area contributed by atoms with Crippen LogP contribution in [0.15, 0.2) is 42.6 Å². The van der Waals surface area contributed by atoms with Crippen LogP contribution in [0.1, 0.15) is 5.69 Å². The zero-order valence-electron chi connectivity index (χ0n) is 10.9. The SMILES string of the molecule is NC(=S)Cc1c(-c2ccc(Cl)c(Cl)c2)nc2ccccn12. The van der Waals surface area contributed by atoms with Crippen LogP contribution in [0.4, 0.5) is 0 Å². The van der Waals surface area contributed by atoms with E-state index in [2.05, 4.69) is 4.98 Å². The third kappa shape index (κ3) is 2.75. The maximum Gasteiger partial charge on any atom is 0.137 e. The van der Waals surface area contributed by atoms with Gasteiger partial charge in [-0.3, -0.25) is 0 Å². The first kappa shape index (κ1) is 14.3. The normalized spacial score (nSPS) is 11.0. The Morgan fingerprint density at radius 1 is 1.19 bits per heavy atom. The maximum atomic E-state index is 6.10. The molecule has 2 heterocycles. The Hall–Kier alpha value is -1.62. The van der Waals surface area contributed by atoms with Gasteiger partial charge in [-0.2, -0.15) is 0 Å². The lowest BCUT2D eigenvalue weighted by molar-refractivity contribution is 1.07. The van der Waals surface area contributed by atoms with E-state index < -0.39 is 0 Å². The first-order valence-corrected chi connectivity index (χ1v) is 7.42. The minimum absolute atomic E-state index is 0.418. The summed E-state index contributed by atoms with van der Waals surface area (Å²) in [6.07, 6.45) is 2.41. The third-order valence-corrected chi connectivity index (χ3v) is 4.05. The summed E-state index contributed by atoms with van der Waals surface area (Å²) in [5.41, 5.74) is 9.20. The lowest BCUT2D eigenvalue weighted by Gasteiger charge is -2.05. The van der Waals surface area contributed by atoms with Crippen LogP contribution in [0.5, 0.6) is 0 Å². The van der Waals surface area contributed by atoms with E-state index in [0.717, 1.165) is 22.6 Å². The molecule has 0 saturated carbocycles. The highest BCUT2D eigenvalue weighted by molar-refractivity contribution is 7.80. The van der Waals surface area contributed by atoms with Gasteiger partial charge < -0.3 is 10.1 Å². The molecule has 21 heavy (non-hydrogen) atoms. The molecule has 0 aliphatic carbocycles. The number of hydrogen-bond acceptors (Lipinski definition) is 2. The number of imidazole rings is 1. The van der Waals surface area contributed by atoms with Crippen molar-refractivity contribution in [3.05, 3.63) is 58.3 Å². The summed E-state index contributed by atoms with van der Waals surface area (Å²) in [4.78, 5) is 5.07. The van der Waals surface area contributed by atoms with E-state index in [4.69, 9.17) is 41.2 Å². The van der Waals surface area contributed by atoms with Crippen molar-refractivity contribution in [2.24, 2.45) is 5.73 Å². The first-order chi connectivity index (χ1) is 10.1. The predicted molar refractivity (Wildman–Crippen MR) is 91.1 cm³/mol. The highest BCUT2D eigenvalue weighted by atomic mass is 35.5. The van der Waals surface area contributed by atoms with Crippen LogP contribution in [0.25, 0.3) is 16.9 Å². The fourth-order valence-corrected chi connectivity index (χ4v) is 2.69. The zero-order valence-corrected chi connectivity index (χ0v) is 13.2. The molecular weight excluding hydrogens is 325 g/mol. The Morgan fingerprint density at radius 3 is 2.71 bits per heavy atom. The van der Waals surface area contributed by atoms with E-state index in [9.17, 15) is 0 Å². The van der Waals surface area contributed by atoms with Crippen molar-refractivity contribution in [3.63, 3.8) is 0 Å². The topological polar surface area (TPSA) is 43.3 Å². The molecule has 1 aromatic carbocycles. The molecule has 0 saturated heterocycles. The number of thiocarbonyl (C=S) groups is 1. The Kier molecular flexibility index (Phi) is 3.85. The molecule has 0 atom stereocenters. The van der Waals surface area contributed by atoms with Gasteiger partial charge in [-0.1, -0.05) is 47.6 Å². The summed E-state index contributed by atoms with van der Waals surface area (Å²) < 4.78 is 1.98. The molecule has 3 rings (SSSR count). The number of aromatic nitrogens is 2. The van der Waals surface area contributed by atoms with E-state index in [-0.39, 0.29) is 0 Å². The minimum atomic E-state index is 0.418. The molecule has 3 nitrogen and oxygen atoms in total. The summed E-state index contributed by atoms with van der Waals surface area (Å²) in [7, 11) is 0. The van der Waals surface area contributed by atoms with Crippen molar-refractivity contribution in [1.29, 1.82) is 0 Å². The third-order valence-electron chi connectivity index (χ3n) is 3.16. The van der Waals surface area contributed by atoms with Crippen molar-refractivity contribution < 1.29 is 0 Å². The first-order valence-electron chi connectivity index (χ1n) is 6.26. The summed E-state index contributed by atoms with van der Waals surface area (Å²) >= 11 is 17.1. The van der Waals surface area contributed by atoms with E-state index in [1.807, 2.05) is 34.9 Å². The van der Waals surface area contributed by atoms with Gasteiger partial charge >= 0.3 is 0 Å². The van der Waals surface area contributed by atoms with Crippen molar-refractivity contribution in [3.8, 4) is 11.3 Å². The van der Waals surface area contributed by atoms with E-state index in [1.165, 1.54) is 0 Å². The van der Waals surface area contributed by atoms with Crippen LogP contribution in [0.2, 0.25) is 10.0 Å². The van der Waals surface area contributed by atoms with E-state index in [0.29, 0.717) is 21.5 Å². The van der Waals surface area contributed by atoms with Gasteiger partial charge in [-0.05, 0) is 24.3 Å². The highest BCUT2D eigenvalue weighted by Gasteiger charge is 2.15. The van der Waals surface area contributed by atoms with Crippen molar-refractivity contribution in [1.82, 2.24) is 9.38 Å². The summed E-state index contributed by atoms with van der Waals surface area (Å²) in [5.74, 6) is 0. The molecule has 0 unspecified atom stereocenters. The van der Waals surface area contributed by atoms with E-state index >= 15 is 0 Å². The molecule has 0 aliphatic rings. The number of pyridine rings is 1. The second-order valence-corrected chi connectivity index (χ2v) is 5.95. The quantitative estimate of drug-likeness (QED) is 0.731. The van der Waals surface area contributed by atoms with Crippen molar-refractivity contribution >= 4 is 46.1 Å². The lowest BCUT2D eigenvalue weighted by atomic mass is 10.1. The average molecular weight is 336 g/mol. The number of fused-ring (bicyclic) bond motifs is 1. The minimum Gasteiger partial charge on any atom is -0.393 e. The Balaban J connectivity index is 2.25. The number of halogens is 2. The van der Waals surface area contributed by atoms with Crippen LogP contribution < -0.4 is 5.73 Å². The molecular formula is C15H11Cl2N3S.